The van der Waals surface area contributed by atoms with Crippen molar-refractivity contribution >= 4 is 23.3 Å². The van der Waals surface area contributed by atoms with Gasteiger partial charge in [-0.3, -0.25) is 0 Å². The first-order valence-electron chi connectivity index (χ1n) is 7.22. The molecule has 110 valence electrons. The van der Waals surface area contributed by atoms with E-state index in [2.05, 4.69) is 12.2 Å². The Labute approximate surface area is 125 Å². The highest BCUT2D eigenvalue weighted by Crippen LogP contribution is 2.37. The summed E-state index contributed by atoms with van der Waals surface area (Å²) < 4.78 is 5.03. The van der Waals surface area contributed by atoms with Crippen LogP contribution in [0, 0.1) is 5.92 Å². The average molecular weight is 296 g/mol. The maximum absolute atomic E-state index is 12.2. The SMILES string of the molecule is CCC1CCC(Nc2ccc(Cl)cc2)(C(=O)OC)CC1. The predicted molar refractivity (Wildman–Crippen MR) is 82.1 cm³/mol. The molecule has 1 aromatic rings. The highest BCUT2D eigenvalue weighted by Gasteiger charge is 2.42. The topological polar surface area (TPSA) is 38.3 Å². The molecular weight excluding hydrogens is 274 g/mol. The van der Waals surface area contributed by atoms with E-state index < -0.39 is 5.54 Å². The van der Waals surface area contributed by atoms with Gasteiger partial charge in [0.25, 0.3) is 0 Å². The molecule has 3 nitrogen and oxygen atoms in total. The van der Waals surface area contributed by atoms with Crippen molar-refractivity contribution in [2.45, 2.75) is 44.6 Å². The maximum Gasteiger partial charge on any atom is 0.331 e. The predicted octanol–water partition coefficient (Wildman–Crippen LogP) is 4.26. The number of carbonyl (C=O) groups is 1. The lowest BCUT2D eigenvalue weighted by atomic mass is 9.75. The molecule has 20 heavy (non-hydrogen) atoms. The Bertz CT molecular complexity index is 450. The molecule has 1 aromatic carbocycles. The number of hydrogen-bond donors (Lipinski definition) is 1. The van der Waals surface area contributed by atoms with Crippen LogP contribution in [0.5, 0.6) is 0 Å². The third-order valence-corrected chi connectivity index (χ3v) is 4.59. The smallest absolute Gasteiger partial charge is 0.331 e. The second-order valence-electron chi connectivity index (χ2n) is 5.56. The minimum atomic E-state index is -0.589. The molecule has 0 amide bonds. The van der Waals surface area contributed by atoms with Crippen LogP contribution in [0.4, 0.5) is 5.69 Å². The quantitative estimate of drug-likeness (QED) is 0.843. The number of nitrogens with one attached hydrogen (secondary N) is 1. The summed E-state index contributed by atoms with van der Waals surface area (Å²) >= 11 is 5.90. The highest BCUT2D eigenvalue weighted by molar-refractivity contribution is 6.30. The van der Waals surface area contributed by atoms with Crippen molar-refractivity contribution in [1.29, 1.82) is 0 Å². The lowest BCUT2D eigenvalue weighted by Gasteiger charge is -2.39. The van der Waals surface area contributed by atoms with Gasteiger partial charge in [0, 0.05) is 10.7 Å². The number of carbonyl (C=O) groups excluding carboxylic acids is 1. The van der Waals surface area contributed by atoms with Gasteiger partial charge in [0.2, 0.25) is 0 Å². The third kappa shape index (κ3) is 3.26. The number of hydrogen-bond acceptors (Lipinski definition) is 3. The van der Waals surface area contributed by atoms with Gasteiger partial charge >= 0.3 is 5.97 Å². The van der Waals surface area contributed by atoms with E-state index in [0.717, 1.165) is 37.3 Å². The van der Waals surface area contributed by atoms with Crippen LogP contribution in [0.1, 0.15) is 39.0 Å². The molecule has 0 bridgehead atoms. The molecule has 1 aliphatic carbocycles. The zero-order valence-electron chi connectivity index (χ0n) is 12.1. The van der Waals surface area contributed by atoms with Gasteiger partial charge in [-0.2, -0.15) is 0 Å². The number of ether oxygens (including phenoxy) is 1. The number of anilines is 1. The average Bonchev–Trinajstić information content (AvgIpc) is 2.49. The van der Waals surface area contributed by atoms with Crippen LogP contribution in [-0.4, -0.2) is 18.6 Å². The lowest BCUT2D eigenvalue weighted by Crippen LogP contribution is -2.49. The van der Waals surface area contributed by atoms with Crippen molar-refractivity contribution in [2.75, 3.05) is 12.4 Å². The summed E-state index contributed by atoms with van der Waals surface area (Å²) in [5, 5.41) is 4.08. The van der Waals surface area contributed by atoms with E-state index in [1.165, 1.54) is 13.5 Å². The van der Waals surface area contributed by atoms with Gasteiger partial charge < -0.3 is 10.1 Å². The summed E-state index contributed by atoms with van der Waals surface area (Å²) in [6.07, 6.45) is 4.94. The Kier molecular flexibility index (Phi) is 4.92. The summed E-state index contributed by atoms with van der Waals surface area (Å²) in [6.45, 7) is 2.21. The van der Waals surface area contributed by atoms with Gasteiger partial charge in [-0.05, 0) is 55.9 Å². The van der Waals surface area contributed by atoms with Crippen molar-refractivity contribution in [3.05, 3.63) is 29.3 Å². The van der Waals surface area contributed by atoms with Crippen LogP contribution in [0.15, 0.2) is 24.3 Å². The molecule has 0 atom stereocenters. The number of esters is 1. The van der Waals surface area contributed by atoms with Gasteiger partial charge in [0.15, 0.2) is 0 Å². The molecule has 0 aliphatic heterocycles. The monoisotopic (exact) mass is 295 g/mol. The Hall–Kier alpha value is -1.22. The Morgan fingerprint density at radius 2 is 1.95 bits per heavy atom. The number of halogens is 1. The van der Waals surface area contributed by atoms with Crippen molar-refractivity contribution in [3.8, 4) is 0 Å². The van der Waals surface area contributed by atoms with Crippen LogP contribution >= 0.6 is 11.6 Å². The van der Waals surface area contributed by atoms with Gasteiger partial charge in [0.05, 0.1) is 7.11 Å². The van der Waals surface area contributed by atoms with Gasteiger partial charge in [0.1, 0.15) is 5.54 Å². The Balaban J connectivity index is 2.16. The summed E-state index contributed by atoms with van der Waals surface area (Å²) in [5.41, 5.74) is 0.323. The molecule has 0 radical (unpaired) electrons. The van der Waals surface area contributed by atoms with Crippen LogP contribution in [0.3, 0.4) is 0 Å². The summed E-state index contributed by atoms with van der Waals surface area (Å²) in [7, 11) is 1.46. The standard InChI is InChI=1S/C16H22ClNO2/c1-3-12-8-10-16(11-9-12,15(19)20-2)18-14-6-4-13(17)5-7-14/h4-7,12,18H,3,8-11H2,1-2H3. The first-order valence-corrected chi connectivity index (χ1v) is 7.59. The minimum Gasteiger partial charge on any atom is -0.467 e. The molecule has 1 N–H and O–H groups in total. The molecule has 0 heterocycles. The van der Waals surface area contributed by atoms with E-state index in [4.69, 9.17) is 16.3 Å². The summed E-state index contributed by atoms with van der Waals surface area (Å²) in [6, 6.07) is 7.46. The zero-order valence-corrected chi connectivity index (χ0v) is 12.9. The second-order valence-corrected chi connectivity index (χ2v) is 5.99. The fourth-order valence-corrected chi connectivity index (χ4v) is 3.09. The fraction of sp³-hybridized carbons (Fsp3) is 0.562. The van der Waals surface area contributed by atoms with Gasteiger partial charge in [-0.1, -0.05) is 24.9 Å². The largest absolute Gasteiger partial charge is 0.467 e. The van der Waals surface area contributed by atoms with Crippen LogP contribution in [-0.2, 0) is 9.53 Å². The van der Waals surface area contributed by atoms with Crippen molar-refractivity contribution in [3.63, 3.8) is 0 Å². The third-order valence-electron chi connectivity index (χ3n) is 4.34. The van der Waals surface area contributed by atoms with Gasteiger partial charge in [-0.15, -0.1) is 0 Å². The molecular formula is C16H22ClNO2. The molecule has 0 aromatic heterocycles. The molecule has 1 fully saturated rings. The molecule has 1 saturated carbocycles. The molecule has 0 unspecified atom stereocenters. The van der Waals surface area contributed by atoms with Crippen LogP contribution < -0.4 is 5.32 Å². The van der Waals surface area contributed by atoms with Crippen LogP contribution in [0.2, 0.25) is 5.02 Å². The lowest BCUT2D eigenvalue weighted by molar-refractivity contribution is -0.147. The normalized spacial score (nSPS) is 26.1. The molecule has 2 rings (SSSR count). The molecule has 0 saturated heterocycles. The Morgan fingerprint density at radius 1 is 1.35 bits per heavy atom. The van der Waals surface area contributed by atoms with E-state index in [-0.39, 0.29) is 5.97 Å². The van der Waals surface area contributed by atoms with E-state index in [9.17, 15) is 4.79 Å². The van der Waals surface area contributed by atoms with Crippen molar-refractivity contribution < 1.29 is 9.53 Å². The van der Waals surface area contributed by atoms with E-state index in [1.54, 1.807) is 0 Å². The second kappa shape index (κ2) is 6.49. The van der Waals surface area contributed by atoms with Crippen LogP contribution in [0.25, 0.3) is 0 Å². The fourth-order valence-electron chi connectivity index (χ4n) is 2.96. The molecule has 0 spiro atoms. The van der Waals surface area contributed by atoms with E-state index in [0.29, 0.717) is 5.02 Å². The number of methoxy groups -OCH3 is 1. The first kappa shape index (κ1) is 15.2. The van der Waals surface area contributed by atoms with E-state index in [1.807, 2.05) is 24.3 Å². The molecule has 1 aliphatic rings. The van der Waals surface area contributed by atoms with Crippen molar-refractivity contribution in [2.24, 2.45) is 5.92 Å². The number of benzene rings is 1. The zero-order chi connectivity index (χ0) is 14.6. The summed E-state index contributed by atoms with van der Waals surface area (Å²) in [5.74, 6) is 0.557. The maximum atomic E-state index is 12.2. The molecule has 4 heteroatoms. The summed E-state index contributed by atoms with van der Waals surface area (Å²) in [4.78, 5) is 12.2. The highest BCUT2D eigenvalue weighted by atomic mass is 35.5. The van der Waals surface area contributed by atoms with E-state index >= 15 is 0 Å². The number of rotatable bonds is 4. The van der Waals surface area contributed by atoms with Gasteiger partial charge in [-0.25, -0.2) is 4.79 Å². The van der Waals surface area contributed by atoms with Crippen molar-refractivity contribution in [1.82, 2.24) is 0 Å². The Morgan fingerprint density at radius 3 is 2.45 bits per heavy atom. The minimum absolute atomic E-state index is 0.165. The first-order chi connectivity index (χ1) is 9.59.